The first-order valence-corrected chi connectivity index (χ1v) is 34.2. The highest BCUT2D eigenvalue weighted by atomic mass is 35.5. The third-order valence-corrected chi connectivity index (χ3v) is 20.1. The Balaban J connectivity index is 1.09. The number of carbonyl (C=O) groups excluding carboxylic acids is 6. The van der Waals surface area contributed by atoms with Crippen LogP contribution in [0.5, 0.6) is 11.5 Å². The first-order valence-electron chi connectivity index (χ1n) is 32.6. The lowest BCUT2D eigenvalue weighted by Crippen LogP contribution is -2.30. The molecule has 0 saturated carbocycles. The molecule has 0 bridgehead atoms. The van der Waals surface area contributed by atoms with Crippen molar-refractivity contribution in [3.05, 3.63) is 352 Å². The predicted molar refractivity (Wildman–Crippen MR) is 399 cm³/mol. The van der Waals surface area contributed by atoms with Gasteiger partial charge in [0.2, 0.25) is 5.70 Å². The van der Waals surface area contributed by atoms with Crippen LogP contribution >= 0.6 is 46.4 Å². The van der Waals surface area contributed by atoms with Crippen LogP contribution in [-0.4, -0.2) is 76.3 Å². The van der Waals surface area contributed by atoms with Crippen molar-refractivity contribution < 1.29 is 38.2 Å². The lowest BCUT2D eigenvalue weighted by molar-refractivity contribution is 0.0688. The third-order valence-electron chi connectivity index (χ3n) is 18.7. The van der Waals surface area contributed by atoms with E-state index in [0.717, 1.165) is 27.2 Å². The van der Waals surface area contributed by atoms with E-state index in [4.69, 9.17) is 75.8 Å². The molecule has 0 N–H and O–H groups in total. The number of ether oxygens (including phenoxy) is 2. The summed E-state index contributed by atoms with van der Waals surface area (Å²) in [6.45, 7) is 9.76. The minimum atomic E-state index is -0.867. The van der Waals surface area contributed by atoms with Crippen molar-refractivity contribution in [3.8, 4) is 40.1 Å². The van der Waals surface area contributed by atoms with E-state index < -0.39 is 41.6 Å². The molecule has 2 amide bonds. The van der Waals surface area contributed by atoms with Gasteiger partial charge < -0.3 is 18.6 Å². The van der Waals surface area contributed by atoms with Gasteiger partial charge in [-0.15, -0.1) is 0 Å². The van der Waals surface area contributed by atoms with Crippen LogP contribution in [0.2, 0.25) is 20.1 Å². The Morgan fingerprint density at radius 1 is 0.476 bits per heavy atom. The van der Waals surface area contributed by atoms with Gasteiger partial charge in [-0.2, -0.15) is 5.26 Å². The van der Waals surface area contributed by atoms with Crippen LogP contribution in [0.3, 0.4) is 0 Å². The summed E-state index contributed by atoms with van der Waals surface area (Å²) in [5, 5.41) is 14.7. The summed E-state index contributed by atoms with van der Waals surface area (Å²) in [6, 6.07) is 68.0. The fourth-order valence-electron chi connectivity index (χ4n) is 13.9. The molecule has 2 aliphatic rings. The van der Waals surface area contributed by atoms with E-state index >= 15 is 0 Å². The molecule has 10 aromatic carbocycles. The zero-order valence-electron chi connectivity index (χ0n) is 54.8. The van der Waals surface area contributed by atoms with Crippen LogP contribution < -0.4 is 20.2 Å². The lowest BCUT2D eigenvalue weighted by atomic mass is 9.96. The molecule has 0 saturated heterocycles. The summed E-state index contributed by atoms with van der Waals surface area (Å²) in [6.07, 6.45) is 2.70. The van der Waals surface area contributed by atoms with Crippen molar-refractivity contribution in [2.45, 2.75) is 18.5 Å². The second-order valence-corrected chi connectivity index (χ2v) is 26.5. The first kappa shape index (κ1) is 66.5. The Morgan fingerprint density at radius 3 is 1.32 bits per heavy atom. The van der Waals surface area contributed by atoms with E-state index in [0.29, 0.717) is 55.4 Å². The van der Waals surface area contributed by atoms with Gasteiger partial charge in [-0.3, -0.25) is 39.0 Å². The van der Waals surface area contributed by atoms with Crippen LogP contribution in [0, 0.1) is 17.9 Å². The Bertz CT molecular complexity index is 5980. The van der Waals surface area contributed by atoms with E-state index in [1.54, 1.807) is 72.8 Å². The minimum absolute atomic E-state index is 0.00256. The number of Topliss-reactive ketones (excluding diaryl/α,β-unsaturated/α-hetero) is 2. The van der Waals surface area contributed by atoms with Gasteiger partial charge in [0.1, 0.15) is 28.8 Å². The van der Waals surface area contributed by atoms with Crippen LogP contribution in [0.1, 0.15) is 114 Å². The Hall–Kier alpha value is -13.0. The molecule has 105 heavy (non-hydrogen) atoms. The van der Waals surface area contributed by atoms with E-state index in [1.807, 2.05) is 121 Å². The standard InChI is InChI=1S/C84H47Cl4N9O8/c1-90-74(69-44-92-65-38-61(86)63(88)40-67(65)94-69)80-73-72(77(97(80)76(47-19-11-5-12-20-47)48-21-13-6-14-22-48)49-23-29-54(30-24-49)105-84(103)52-28-34-56-58(36-52)82(101)95(2)81(56)100)79(59(42-89)68-43-91-64-37-60(85)62(87)39-66(64)93-68)96(75(45-15-7-3-8-16-45)46-17-9-4-10-18-46)78(73)50-25-31-53(32-26-50)104-83(102)51-27-33-55-57(35-51)71(99)41-70(55)98/h3-40,43-44,75-76H,41H2,2H3/b79-59-,80-74+. The topological polar surface area (TPSA) is 214 Å². The van der Waals surface area contributed by atoms with Gasteiger partial charge in [0.25, 0.3) is 11.8 Å². The Kier molecular flexibility index (Phi) is 17.2. The number of amides is 2. The molecule has 0 spiro atoms. The summed E-state index contributed by atoms with van der Waals surface area (Å²) in [7, 11) is 1.37. The number of aromatic nitrogens is 6. The van der Waals surface area contributed by atoms with Crippen molar-refractivity contribution >= 4 is 126 Å². The second kappa shape index (κ2) is 27.1. The number of rotatable bonds is 14. The van der Waals surface area contributed by atoms with Gasteiger partial charge in [0, 0.05) is 35.1 Å². The number of nitriles is 1. The molecule has 0 radical (unpaired) electrons. The molecule has 16 rings (SSSR count). The third kappa shape index (κ3) is 11.8. The van der Waals surface area contributed by atoms with Crippen LogP contribution in [0.25, 0.3) is 71.5 Å². The molecule has 17 nitrogen and oxygen atoms in total. The number of benzene rings is 10. The lowest BCUT2D eigenvalue weighted by Gasteiger charge is -2.27. The number of halogens is 4. The van der Waals surface area contributed by atoms with Crippen molar-refractivity contribution in [2.75, 3.05) is 7.05 Å². The monoisotopic (exact) mass is 1450 g/mol. The average Bonchev–Trinajstić information content (AvgIpc) is 1.52. The van der Waals surface area contributed by atoms with Gasteiger partial charge >= 0.3 is 11.9 Å². The molecule has 0 atom stereocenters. The Labute approximate surface area is 617 Å². The Morgan fingerprint density at radius 2 is 0.867 bits per heavy atom. The van der Waals surface area contributed by atoms with Crippen molar-refractivity contribution in [2.24, 2.45) is 0 Å². The maximum Gasteiger partial charge on any atom is 0.343 e. The molecule has 1 aliphatic heterocycles. The van der Waals surface area contributed by atoms with Crippen LogP contribution in [0.15, 0.2) is 243 Å². The summed E-state index contributed by atoms with van der Waals surface area (Å²) >= 11 is 26.8. The number of carbonyl (C=O) groups is 6. The highest BCUT2D eigenvalue weighted by Crippen LogP contribution is 2.44. The highest BCUT2D eigenvalue weighted by Gasteiger charge is 2.37. The molecular weight excluding hydrogens is 1400 g/mol. The number of ketones is 2. The van der Waals surface area contributed by atoms with Crippen molar-refractivity contribution in [3.63, 3.8) is 0 Å². The molecule has 0 unspecified atom stereocenters. The molecule has 4 aromatic heterocycles. The summed E-state index contributed by atoms with van der Waals surface area (Å²) < 4.78 is 16.4. The predicted octanol–water partition coefficient (Wildman–Crippen LogP) is 16.8. The number of nitrogens with zero attached hydrogens (tertiary/aromatic N) is 9. The van der Waals surface area contributed by atoms with E-state index in [1.165, 1.54) is 55.8 Å². The van der Waals surface area contributed by atoms with Crippen LogP contribution in [-0.2, 0) is 0 Å². The molecular formula is C84H47Cl4N9O8. The number of esters is 2. The average molecular weight is 1450 g/mol. The molecule has 5 heterocycles. The van der Waals surface area contributed by atoms with Gasteiger partial charge in [0.05, 0.1) is 123 Å². The number of imide groups is 1. The van der Waals surface area contributed by atoms with Crippen molar-refractivity contribution in [1.82, 2.24) is 34.0 Å². The van der Waals surface area contributed by atoms with Gasteiger partial charge in [-0.1, -0.05) is 168 Å². The second-order valence-electron chi connectivity index (χ2n) is 24.8. The fourth-order valence-corrected chi connectivity index (χ4v) is 14.5. The summed E-state index contributed by atoms with van der Waals surface area (Å²) in [4.78, 5) is 106. The zero-order valence-corrected chi connectivity index (χ0v) is 57.8. The molecule has 1 aliphatic carbocycles. The maximum atomic E-state index is 14.3. The highest BCUT2D eigenvalue weighted by molar-refractivity contribution is 6.43. The van der Waals surface area contributed by atoms with Crippen LogP contribution in [0.4, 0.5) is 0 Å². The van der Waals surface area contributed by atoms with E-state index in [2.05, 4.69) is 20.0 Å². The smallest absolute Gasteiger partial charge is 0.343 e. The molecule has 21 heteroatoms. The largest absolute Gasteiger partial charge is 0.423 e. The minimum Gasteiger partial charge on any atom is -0.423 e. The SMILES string of the molecule is [C-]#[N+]/C(c1cnc2cc(Cl)c(Cl)cc2n1)=c1\c2c(-c3ccc(OC(=O)c4ccc5c(c4)C(=O)CC5=O)cc3)n(C(c3ccccc3)c3ccccc3)/c(=C(/C#N)c3cnc4cc(Cl)c(Cl)cc4n3)c2c(-c2ccc(OC(=O)c3ccc4c(c3)C(=O)N(C)C4=O)cc2)n1C(c1ccccc1)c1ccccc1. The normalized spacial score (nSPS) is 13.2. The number of hydrogen-bond donors (Lipinski definition) is 0. The molecule has 14 aromatic rings. The van der Waals surface area contributed by atoms with Gasteiger partial charge in [0.15, 0.2) is 11.6 Å². The maximum absolute atomic E-state index is 14.3. The first-order chi connectivity index (χ1) is 51.0. The summed E-state index contributed by atoms with van der Waals surface area (Å²) in [5.74, 6) is -3.24. The van der Waals surface area contributed by atoms with Gasteiger partial charge in [-0.25, -0.2) is 19.4 Å². The number of hydrogen-bond acceptors (Lipinski definition) is 13. The quantitative estimate of drug-likeness (QED) is 0.0326. The number of fused-ring (bicyclic) bond motifs is 5. The molecule has 504 valence electrons. The summed E-state index contributed by atoms with van der Waals surface area (Å²) in [5.41, 5.74) is 6.96. The zero-order chi connectivity index (χ0) is 72.5. The molecule has 0 fully saturated rings. The van der Waals surface area contributed by atoms with Crippen molar-refractivity contribution in [1.29, 1.82) is 5.26 Å². The van der Waals surface area contributed by atoms with Gasteiger partial charge in [-0.05, 0) is 143 Å². The fraction of sp³-hybridized carbons (Fsp3) is 0.0476. The van der Waals surface area contributed by atoms with E-state index in [-0.39, 0.29) is 111 Å². The van der Waals surface area contributed by atoms with E-state index in [9.17, 15) is 40.6 Å².